The number of hydrogen-bond acceptors (Lipinski definition) is 5. The second kappa shape index (κ2) is 9.78. The van der Waals surface area contributed by atoms with Crippen molar-refractivity contribution in [2.24, 2.45) is 4.99 Å². The van der Waals surface area contributed by atoms with E-state index in [4.69, 9.17) is 0 Å². The lowest BCUT2D eigenvalue weighted by Crippen LogP contribution is -2.22. The number of aromatic hydroxyl groups is 1. The van der Waals surface area contributed by atoms with Crippen molar-refractivity contribution >= 4 is 35.7 Å². The Hall–Kier alpha value is -4.14. The van der Waals surface area contributed by atoms with Gasteiger partial charge < -0.3 is 30.1 Å². The van der Waals surface area contributed by atoms with Crippen molar-refractivity contribution in [2.75, 3.05) is 0 Å². The molecule has 0 spiro atoms. The van der Waals surface area contributed by atoms with E-state index in [0.29, 0.717) is 44.4 Å². The fourth-order valence-corrected chi connectivity index (χ4v) is 4.03. The summed E-state index contributed by atoms with van der Waals surface area (Å²) in [5.41, 5.74) is 4.84. The molecule has 3 rings (SSSR count). The van der Waals surface area contributed by atoms with Crippen LogP contribution in [0, 0.1) is 13.8 Å². The SMILES string of the molecule is C=CC1=C(C)C(/C=c2\[nH]/c(=C/c3[nH]c(O)c(C)c3CCC(=O)[O-])c(CCC(=O)O)c2C)=NC1=O. The van der Waals surface area contributed by atoms with E-state index in [1.165, 1.54) is 6.08 Å². The number of carboxylic acid groups (broad SMARTS) is 2. The lowest BCUT2D eigenvalue weighted by Gasteiger charge is -2.04. The van der Waals surface area contributed by atoms with Gasteiger partial charge in [-0.05, 0) is 74.4 Å². The maximum Gasteiger partial charge on any atom is 0.303 e. The van der Waals surface area contributed by atoms with Crippen LogP contribution in [0.3, 0.4) is 0 Å². The summed E-state index contributed by atoms with van der Waals surface area (Å²) in [5.74, 6) is -2.58. The number of aromatic nitrogens is 2. The minimum absolute atomic E-state index is 0.0710. The first-order valence-electron chi connectivity index (χ1n) is 10.7. The van der Waals surface area contributed by atoms with Gasteiger partial charge in [-0.25, -0.2) is 4.99 Å². The van der Waals surface area contributed by atoms with Crippen molar-refractivity contribution in [2.45, 2.75) is 46.5 Å². The van der Waals surface area contributed by atoms with Crippen LogP contribution in [0.25, 0.3) is 12.2 Å². The lowest BCUT2D eigenvalue weighted by molar-refractivity contribution is -0.305. The Labute approximate surface area is 195 Å². The average molecular weight is 464 g/mol. The third-order valence-electron chi connectivity index (χ3n) is 6.02. The summed E-state index contributed by atoms with van der Waals surface area (Å²) in [6.07, 6.45) is 5.02. The summed E-state index contributed by atoms with van der Waals surface area (Å²) in [4.78, 5) is 44.5. The van der Waals surface area contributed by atoms with Gasteiger partial charge >= 0.3 is 5.97 Å². The van der Waals surface area contributed by atoms with Crippen LogP contribution >= 0.6 is 0 Å². The van der Waals surface area contributed by atoms with Gasteiger partial charge in [0.2, 0.25) is 0 Å². The van der Waals surface area contributed by atoms with Crippen molar-refractivity contribution in [3.05, 3.63) is 62.4 Å². The van der Waals surface area contributed by atoms with Gasteiger partial charge in [0.05, 0.1) is 5.71 Å². The summed E-state index contributed by atoms with van der Waals surface area (Å²) in [7, 11) is 0. The number of hydrogen-bond donors (Lipinski definition) is 4. The van der Waals surface area contributed by atoms with Crippen LogP contribution in [0.4, 0.5) is 0 Å². The second-order valence-electron chi connectivity index (χ2n) is 8.15. The van der Waals surface area contributed by atoms with Crippen molar-refractivity contribution in [1.29, 1.82) is 0 Å². The Kier molecular flexibility index (Phi) is 7.05. The first-order valence-corrected chi connectivity index (χ1v) is 10.7. The molecule has 1 aliphatic rings. The van der Waals surface area contributed by atoms with E-state index in [1.807, 2.05) is 6.92 Å². The number of carbonyl (C=O) groups excluding carboxylic acids is 2. The smallest absolute Gasteiger partial charge is 0.303 e. The summed E-state index contributed by atoms with van der Waals surface area (Å²) in [6.45, 7) is 8.96. The van der Waals surface area contributed by atoms with Crippen molar-refractivity contribution < 1.29 is 29.7 Å². The first-order chi connectivity index (χ1) is 16.0. The number of aromatic amines is 2. The van der Waals surface area contributed by atoms with E-state index >= 15 is 0 Å². The van der Waals surface area contributed by atoms with Crippen LogP contribution in [0.2, 0.25) is 0 Å². The van der Waals surface area contributed by atoms with Gasteiger partial charge in [-0.2, -0.15) is 0 Å². The number of carboxylic acids is 2. The highest BCUT2D eigenvalue weighted by Gasteiger charge is 2.20. The van der Waals surface area contributed by atoms with Gasteiger partial charge in [-0.15, -0.1) is 0 Å². The van der Waals surface area contributed by atoms with Gasteiger partial charge in [-0.3, -0.25) is 9.59 Å². The molecule has 178 valence electrons. The van der Waals surface area contributed by atoms with Gasteiger partial charge in [0.1, 0.15) is 0 Å². The minimum atomic E-state index is -1.20. The number of aliphatic carboxylic acids is 2. The molecule has 0 saturated heterocycles. The van der Waals surface area contributed by atoms with Gasteiger partial charge in [0, 0.05) is 39.9 Å². The van der Waals surface area contributed by atoms with Crippen molar-refractivity contribution in [1.82, 2.24) is 9.97 Å². The summed E-state index contributed by atoms with van der Waals surface area (Å²) in [6, 6.07) is 0. The highest BCUT2D eigenvalue weighted by atomic mass is 16.4. The number of aliphatic imine (C=N–C) groups is 1. The van der Waals surface area contributed by atoms with Crippen molar-refractivity contribution in [3.63, 3.8) is 0 Å². The number of allylic oxidation sites excluding steroid dienone is 1. The molecule has 2 aromatic heterocycles. The van der Waals surface area contributed by atoms with Gasteiger partial charge in [0.15, 0.2) is 5.88 Å². The van der Waals surface area contributed by atoms with E-state index in [-0.39, 0.29) is 37.5 Å². The molecule has 4 N–H and O–H groups in total. The molecule has 0 fully saturated rings. The van der Waals surface area contributed by atoms with Crippen LogP contribution < -0.4 is 15.8 Å². The molecule has 0 aromatic carbocycles. The summed E-state index contributed by atoms with van der Waals surface area (Å²) >= 11 is 0. The zero-order chi connectivity index (χ0) is 25.2. The molecule has 3 heterocycles. The van der Waals surface area contributed by atoms with E-state index < -0.39 is 11.9 Å². The highest BCUT2D eigenvalue weighted by Crippen LogP contribution is 2.25. The number of amides is 1. The molecule has 0 bridgehead atoms. The molecule has 0 saturated carbocycles. The van der Waals surface area contributed by atoms with E-state index in [2.05, 4.69) is 21.5 Å². The monoisotopic (exact) mass is 464 g/mol. The number of nitrogens with zero attached hydrogens (tertiary/aromatic N) is 1. The van der Waals surface area contributed by atoms with Crippen LogP contribution in [-0.2, 0) is 27.2 Å². The third-order valence-corrected chi connectivity index (χ3v) is 6.02. The predicted octanol–water partition coefficient (Wildman–Crippen LogP) is 0.458. The fourth-order valence-electron chi connectivity index (χ4n) is 4.03. The Morgan fingerprint density at radius 1 is 1.03 bits per heavy atom. The van der Waals surface area contributed by atoms with Gasteiger partial charge in [-0.1, -0.05) is 12.7 Å². The zero-order valence-corrected chi connectivity index (χ0v) is 19.2. The quantitative estimate of drug-likeness (QED) is 0.422. The van der Waals surface area contributed by atoms with Crippen LogP contribution in [-0.4, -0.2) is 43.7 Å². The third kappa shape index (κ3) is 4.93. The lowest BCUT2D eigenvalue weighted by atomic mass is 10.0. The van der Waals surface area contributed by atoms with E-state index in [1.54, 1.807) is 26.0 Å². The van der Waals surface area contributed by atoms with Crippen LogP contribution in [0.1, 0.15) is 47.7 Å². The first kappa shape index (κ1) is 24.5. The van der Waals surface area contributed by atoms with E-state index in [0.717, 1.165) is 11.1 Å². The predicted molar refractivity (Wildman–Crippen MR) is 125 cm³/mol. The molecule has 0 aliphatic carbocycles. The summed E-state index contributed by atoms with van der Waals surface area (Å²) in [5, 5.41) is 31.6. The molecule has 2 aromatic rings. The topological polar surface area (TPSA) is 159 Å². The maximum atomic E-state index is 12.1. The molecule has 34 heavy (non-hydrogen) atoms. The molecular weight excluding hydrogens is 438 g/mol. The minimum Gasteiger partial charge on any atom is -0.550 e. The van der Waals surface area contributed by atoms with E-state index in [9.17, 15) is 29.7 Å². The normalized spacial score (nSPS) is 14.8. The van der Waals surface area contributed by atoms with Crippen molar-refractivity contribution in [3.8, 4) is 5.88 Å². The molecule has 0 atom stereocenters. The Bertz CT molecular complexity index is 1380. The Morgan fingerprint density at radius 3 is 2.29 bits per heavy atom. The number of nitrogens with one attached hydrogen (secondary N) is 2. The fraction of sp³-hybridized carbons (Fsp3) is 0.280. The zero-order valence-electron chi connectivity index (χ0n) is 19.2. The van der Waals surface area contributed by atoms with Gasteiger partial charge in [0.25, 0.3) is 5.91 Å². The van der Waals surface area contributed by atoms with Crippen LogP contribution in [0.5, 0.6) is 5.88 Å². The molecule has 1 amide bonds. The van der Waals surface area contributed by atoms with Crippen LogP contribution in [0.15, 0.2) is 28.8 Å². The maximum absolute atomic E-state index is 12.1. The average Bonchev–Trinajstić information content (AvgIpc) is 3.30. The molecular formula is C25H26N3O6-. The molecule has 0 unspecified atom stereocenters. The molecule has 1 aliphatic heterocycles. The molecule has 9 heteroatoms. The Balaban J connectivity index is 2.19. The standard InChI is InChI=1S/C25H27N3O6/c1-5-15-12(2)19(27-25(15)34)10-18-13(3)16(6-8-22(29)30)20(26-18)11-21-17(7-9-23(31)32)14(4)24(33)28-21/h5,10-11,26,28,33H,1,6-9H2,2-4H3,(H,29,30)(H,31,32)/p-1/b18-10-,20-11+. The number of H-pyrrole nitrogens is 2. The highest BCUT2D eigenvalue weighted by molar-refractivity contribution is 6.31. The Morgan fingerprint density at radius 2 is 1.71 bits per heavy atom. The second-order valence-corrected chi connectivity index (χ2v) is 8.15. The number of carbonyl (C=O) groups is 3. The molecule has 9 nitrogen and oxygen atoms in total. The number of rotatable bonds is 9. The molecule has 0 radical (unpaired) electrons. The summed E-state index contributed by atoms with van der Waals surface area (Å²) < 4.78 is 0. The largest absolute Gasteiger partial charge is 0.550 e.